The summed E-state index contributed by atoms with van der Waals surface area (Å²) in [5, 5.41) is 11.2. The van der Waals surface area contributed by atoms with E-state index in [0.717, 1.165) is 25.1 Å². The van der Waals surface area contributed by atoms with Crippen LogP contribution in [0.4, 0.5) is 11.6 Å². The maximum atomic E-state index is 12.9. The Balaban J connectivity index is 1.61. The first-order valence-electron chi connectivity index (χ1n) is 10.8. The SMILES string of the molecule is CCCc1nc(N2CCc3ccccc3C2)ncc1C(=O)NS(=O)(=O)c1ccccc1[N+](=O)[O-]. The van der Waals surface area contributed by atoms with E-state index >= 15 is 0 Å². The minimum absolute atomic E-state index is 0.0187. The molecule has 1 aromatic heterocycles. The lowest BCUT2D eigenvalue weighted by atomic mass is 10.0. The summed E-state index contributed by atoms with van der Waals surface area (Å²) in [5.41, 5.74) is 2.29. The Bertz CT molecular complexity index is 1360. The molecule has 1 aliphatic heterocycles. The Kier molecular flexibility index (Phi) is 6.55. The molecular formula is C23H23N5O5S. The van der Waals surface area contributed by atoms with Crippen molar-refractivity contribution in [3.63, 3.8) is 0 Å². The zero-order valence-corrected chi connectivity index (χ0v) is 19.3. The van der Waals surface area contributed by atoms with Crippen LogP contribution in [0.3, 0.4) is 0 Å². The van der Waals surface area contributed by atoms with Crippen LogP contribution in [0.15, 0.2) is 59.6 Å². The average molecular weight is 482 g/mol. The van der Waals surface area contributed by atoms with Gasteiger partial charge in [-0.1, -0.05) is 49.7 Å². The molecule has 0 aliphatic carbocycles. The molecule has 1 aliphatic rings. The fraction of sp³-hybridized carbons (Fsp3) is 0.261. The van der Waals surface area contributed by atoms with E-state index in [-0.39, 0.29) is 5.56 Å². The molecule has 3 aromatic rings. The van der Waals surface area contributed by atoms with Crippen LogP contribution in [0.2, 0.25) is 0 Å². The van der Waals surface area contributed by atoms with Crippen molar-refractivity contribution in [2.24, 2.45) is 0 Å². The number of fused-ring (bicyclic) bond motifs is 1. The molecule has 0 unspecified atom stereocenters. The fourth-order valence-electron chi connectivity index (χ4n) is 3.91. The highest BCUT2D eigenvalue weighted by molar-refractivity contribution is 7.90. The number of aromatic nitrogens is 2. The molecule has 0 atom stereocenters. The molecular weight excluding hydrogens is 458 g/mol. The Morgan fingerprint density at radius 2 is 1.85 bits per heavy atom. The monoisotopic (exact) mass is 481 g/mol. The van der Waals surface area contributed by atoms with Crippen molar-refractivity contribution in [2.75, 3.05) is 11.4 Å². The second-order valence-corrected chi connectivity index (χ2v) is 9.53. The van der Waals surface area contributed by atoms with Gasteiger partial charge in [0.05, 0.1) is 16.2 Å². The van der Waals surface area contributed by atoms with Crippen LogP contribution in [0.25, 0.3) is 0 Å². The number of hydrogen-bond donors (Lipinski definition) is 1. The van der Waals surface area contributed by atoms with Crippen molar-refractivity contribution in [1.29, 1.82) is 0 Å². The Hall–Kier alpha value is -3.86. The van der Waals surface area contributed by atoms with Gasteiger partial charge in [0.15, 0.2) is 4.90 Å². The van der Waals surface area contributed by atoms with Gasteiger partial charge in [0.25, 0.3) is 21.6 Å². The van der Waals surface area contributed by atoms with Crippen LogP contribution < -0.4 is 9.62 Å². The molecule has 34 heavy (non-hydrogen) atoms. The van der Waals surface area contributed by atoms with E-state index in [1.165, 1.54) is 29.5 Å². The number of hydrogen-bond acceptors (Lipinski definition) is 8. The standard InChI is InChI=1S/C23H23N5O5S/c1-2-7-19-18(22(29)26-34(32,33)21-11-6-5-10-20(21)28(30)31)14-24-23(25-19)27-13-12-16-8-3-4-9-17(16)15-27/h3-6,8-11,14H,2,7,12-13,15H2,1H3,(H,26,29). The first kappa shape index (κ1) is 23.3. The van der Waals surface area contributed by atoms with Crippen molar-refractivity contribution in [2.45, 2.75) is 37.6 Å². The smallest absolute Gasteiger partial charge is 0.289 e. The number of sulfonamides is 1. The summed E-state index contributed by atoms with van der Waals surface area (Å²) in [6.07, 6.45) is 3.28. The Morgan fingerprint density at radius 1 is 1.15 bits per heavy atom. The number of nitrogens with one attached hydrogen (secondary N) is 1. The predicted octanol–water partition coefficient (Wildman–Crippen LogP) is 3.02. The summed E-state index contributed by atoms with van der Waals surface area (Å²) >= 11 is 0. The van der Waals surface area contributed by atoms with E-state index in [0.29, 0.717) is 31.0 Å². The number of amides is 1. The van der Waals surface area contributed by atoms with Crippen LogP contribution in [0.5, 0.6) is 0 Å². The van der Waals surface area contributed by atoms with Gasteiger partial charge in [-0.15, -0.1) is 0 Å². The van der Waals surface area contributed by atoms with Crippen LogP contribution in [-0.2, 0) is 29.4 Å². The van der Waals surface area contributed by atoms with Gasteiger partial charge in [0.2, 0.25) is 5.95 Å². The Labute approximate surface area is 196 Å². The van der Waals surface area contributed by atoms with Gasteiger partial charge >= 0.3 is 0 Å². The lowest BCUT2D eigenvalue weighted by Gasteiger charge is -2.29. The first-order valence-corrected chi connectivity index (χ1v) is 12.3. The van der Waals surface area contributed by atoms with E-state index < -0.39 is 31.4 Å². The molecule has 0 radical (unpaired) electrons. The topological polar surface area (TPSA) is 135 Å². The maximum Gasteiger partial charge on any atom is 0.289 e. The summed E-state index contributed by atoms with van der Waals surface area (Å²) in [5.74, 6) is -0.465. The van der Waals surface area contributed by atoms with Gasteiger partial charge in [-0.3, -0.25) is 14.9 Å². The summed E-state index contributed by atoms with van der Waals surface area (Å²) in [6.45, 7) is 3.28. The normalized spacial score (nSPS) is 13.3. The number of carbonyl (C=O) groups is 1. The van der Waals surface area contributed by atoms with Gasteiger partial charge in [0, 0.05) is 25.4 Å². The molecule has 0 bridgehead atoms. The van der Waals surface area contributed by atoms with Crippen LogP contribution in [-0.4, -0.2) is 35.8 Å². The lowest BCUT2D eigenvalue weighted by Crippen LogP contribution is -2.34. The molecule has 11 heteroatoms. The zero-order chi connectivity index (χ0) is 24.3. The van der Waals surface area contributed by atoms with E-state index in [1.54, 1.807) is 0 Å². The van der Waals surface area contributed by atoms with Crippen molar-refractivity contribution in [3.8, 4) is 0 Å². The Morgan fingerprint density at radius 3 is 2.59 bits per heavy atom. The number of para-hydroxylation sites is 1. The van der Waals surface area contributed by atoms with Crippen LogP contribution in [0.1, 0.15) is 40.5 Å². The highest BCUT2D eigenvalue weighted by atomic mass is 32.2. The molecule has 4 rings (SSSR count). The number of nitrogens with zero attached hydrogens (tertiary/aromatic N) is 4. The van der Waals surface area contributed by atoms with E-state index in [9.17, 15) is 23.3 Å². The van der Waals surface area contributed by atoms with E-state index in [4.69, 9.17) is 0 Å². The van der Waals surface area contributed by atoms with Gasteiger partial charge in [0.1, 0.15) is 0 Å². The molecule has 0 fully saturated rings. The van der Waals surface area contributed by atoms with Crippen molar-refractivity contribution in [1.82, 2.24) is 14.7 Å². The highest BCUT2D eigenvalue weighted by Crippen LogP contribution is 2.25. The summed E-state index contributed by atoms with van der Waals surface area (Å²) in [7, 11) is -4.49. The first-order chi connectivity index (χ1) is 16.3. The molecule has 1 N–H and O–H groups in total. The van der Waals surface area contributed by atoms with E-state index in [2.05, 4.69) is 22.1 Å². The minimum atomic E-state index is -4.49. The molecule has 1 amide bonds. The predicted molar refractivity (Wildman–Crippen MR) is 125 cm³/mol. The van der Waals surface area contributed by atoms with Gasteiger partial charge in [-0.05, 0) is 30.0 Å². The number of rotatable bonds is 7. The van der Waals surface area contributed by atoms with Crippen LogP contribution in [0, 0.1) is 10.1 Å². The molecule has 2 heterocycles. The van der Waals surface area contributed by atoms with Crippen molar-refractivity contribution < 1.29 is 18.1 Å². The number of carbonyl (C=O) groups excluding carboxylic acids is 1. The highest BCUT2D eigenvalue weighted by Gasteiger charge is 2.29. The van der Waals surface area contributed by atoms with Crippen molar-refractivity contribution >= 4 is 27.6 Å². The van der Waals surface area contributed by atoms with E-state index in [1.807, 2.05) is 28.7 Å². The third kappa shape index (κ3) is 4.74. The number of aryl methyl sites for hydroxylation is 1. The fourth-order valence-corrected chi connectivity index (χ4v) is 5.05. The number of nitro benzene ring substituents is 1. The largest absolute Gasteiger partial charge is 0.336 e. The molecule has 0 spiro atoms. The number of nitro groups is 1. The minimum Gasteiger partial charge on any atom is -0.336 e. The second kappa shape index (κ2) is 9.56. The lowest BCUT2D eigenvalue weighted by molar-refractivity contribution is -0.387. The zero-order valence-electron chi connectivity index (χ0n) is 18.5. The summed E-state index contributed by atoms with van der Waals surface area (Å²) in [4.78, 5) is 33.7. The average Bonchev–Trinajstić information content (AvgIpc) is 2.83. The quantitative estimate of drug-likeness (QED) is 0.402. The molecule has 0 saturated carbocycles. The second-order valence-electron chi connectivity index (χ2n) is 7.88. The van der Waals surface area contributed by atoms with Gasteiger partial charge < -0.3 is 4.90 Å². The van der Waals surface area contributed by atoms with Crippen molar-refractivity contribution in [3.05, 3.63) is 87.2 Å². The summed E-state index contributed by atoms with van der Waals surface area (Å²) < 4.78 is 27.4. The van der Waals surface area contributed by atoms with Crippen LogP contribution >= 0.6 is 0 Å². The van der Waals surface area contributed by atoms with Gasteiger partial charge in [-0.2, -0.15) is 0 Å². The molecule has 0 saturated heterocycles. The number of benzene rings is 2. The third-order valence-electron chi connectivity index (χ3n) is 5.58. The van der Waals surface area contributed by atoms with Gasteiger partial charge in [-0.25, -0.2) is 23.1 Å². The molecule has 10 nitrogen and oxygen atoms in total. The molecule has 176 valence electrons. The third-order valence-corrected chi connectivity index (χ3v) is 6.96. The molecule has 2 aromatic carbocycles. The summed E-state index contributed by atoms with van der Waals surface area (Å²) in [6, 6.07) is 13.0. The maximum absolute atomic E-state index is 12.9. The number of anilines is 1.